The highest BCUT2D eigenvalue weighted by Gasteiger charge is 2.21. The molecule has 7 nitrogen and oxygen atoms in total. The van der Waals surface area contributed by atoms with Gasteiger partial charge >= 0.3 is 0 Å². The molecule has 2 heterocycles. The van der Waals surface area contributed by atoms with E-state index in [2.05, 4.69) is 51.8 Å². The van der Waals surface area contributed by atoms with Crippen LogP contribution in [0.25, 0.3) is 0 Å². The van der Waals surface area contributed by atoms with Crippen molar-refractivity contribution >= 4 is 60.3 Å². The van der Waals surface area contributed by atoms with Crippen LogP contribution in [-0.2, 0) is 16.0 Å². The molecule has 160 valence electrons. The Morgan fingerprint density at radius 2 is 1.31 bits per heavy atom. The maximum atomic E-state index is 11.6. The van der Waals surface area contributed by atoms with E-state index < -0.39 is 0 Å². The first-order chi connectivity index (χ1) is 13.1. The number of carbonyl (C=O) groups excluding carboxylic acids is 2. The first kappa shape index (κ1) is 27.5. The molecule has 2 aromatic rings. The Kier molecular flexibility index (Phi) is 11.7. The van der Waals surface area contributed by atoms with Gasteiger partial charge in [0.05, 0.1) is 36.9 Å². The van der Waals surface area contributed by atoms with Crippen LogP contribution in [0.3, 0.4) is 0 Å². The van der Waals surface area contributed by atoms with E-state index in [0.717, 1.165) is 0 Å². The molecule has 0 aliphatic carbocycles. The zero-order valence-corrected chi connectivity index (χ0v) is 21.3. The number of rotatable bonds is 2. The summed E-state index contributed by atoms with van der Waals surface area (Å²) < 4.78 is 1.39. The summed E-state index contributed by atoms with van der Waals surface area (Å²) in [5.41, 5.74) is 5.26. The van der Waals surface area contributed by atoms with Crippen LogP contribution >= 0.6 is 43.5 Å². The van der Waals surface area contributed by atoms with Crippen molar-refractivity contribution in [3.63, 3.8) is 0 Å². The van der Waals surface area contributed by atoms with Crippen LogP contribution in [0, 0.1) is 10.8 Å². The molecule has 0 unspecified atom stereocenters. The van der Waals surface area contributed by atoms with Gasteiger partial charge in [-0.25, -0.2) is 15.0 Å². The summed E-state index contributed by atoms with van der Waals surface area (Å²) in [7, 11) is 0. The summed E-state index contributed by atoms with van der Waals surface area (Å²) in [6.07, 6.45) is 6.61. The van der Waals surface area contributed by atoms with Crippen molar-refractivity contribution in [1.82, 2.24) is 19.9 Å². The first-order valence-corrected chi connectivity index (χ1v) is 10.5. The molecule has 10 heteroatoms. The monoisotopic (exact) mass is 549 g/mol. The second-order valence-electron chi connectivity index (χ2n) is 7.97. The molecule has 29 heavy (non-hydrogen) atoms. The maximum Gasteiger partial charge on any atom is 0.226 e. The highest BCUT2D eigenvalue weighted by atomic mass is 79.9. The number of hydrogen-bond acceptors (Lipinski definition) is 7. The largest absolute Gasteiger partial charge is 0.382 e. The normalized spacial score (nSPS) is 10.8. The number of halogens is 3. The average molecular weight is 552 g/mol. The molecule has 2 rings (SSSR count). The van der Waals surface area contributed by atoms with Gasteiger partial charge in [0.2, 0.25) is 5.24 Å². The second kappa shape index (κ2) is 12.3. The van der Waals surface area contributed by atoms with Crippen LogP contribution < -0.4 is 5.73 Å². The standard InChI is InChI=1S/C10H13BrN2O.C5H9ClO.C4H4BrN3/c1-10(2,3)8(14)4-7-5-13-9(11)6-12-7;1-5(2,3)4(6)7;5-3-1-8-4(6)2-7-3/h5-6H,4H2,1-3H3;1-3H3;1-2H,(H2,6,8). The van der Waals surface area contributed by atoms with E-state index >= 15 is 0 Å². The minimum atomic E-state index is -0.373. The van der Waals surface area contributed by atoms with Crippen molar-refractivity contribution in [2.24, 2.45) is 10.8 Å². The van der Waals surface area contributed by atoms with Crippen LogP contribution in [-0.4, -0.2) is 31.0 Å². The van der Waals surface area contributed by atoms with Gasteiger partial charge in [-0.05, 0) is 43.5 Å². The second-order valence-corrected chi connectivity index (χ2v) is 9.94. The molecule has 2 aromatic heterocycles. The topological polar surface area (TPSA) is 112 Å². The van der Waals surface area contributed by atoms with Crippen molar-refractivity contribution in [3.8, 4) is 0 Å². The molecule has 0 aliphatic heterocycles. The molecule has 0 spiro atoms. The molecule has 0 saturated heterocycles. The Labute approximate surface area is 193 Å². The van der Waals surface area contributed by atoms with Gasteiger partial charge < -0.3 is 5.73 Å². The van der Waals surface area contributed by atoms with E-state index in [-0.39, 0.29) is 21.9 Å². The van der Waals surface area contributed by atoms with E-state index in [4.69, 9.17) is 17.3 Å². The minimum absolute atomic E-state index is 0.175. The Morgan fingerprint density at radius 3 is 1.59 bits per heavy atom. The quantitative estimate of drug-likeness (QED) is 0.522. The van der Waals surface area contributed by atoms with Crippen LogP contribution in [0.4, 0.5) is 5.82 Å². The predicted molar refractivity (Wildman–Crippen MR) is 122 cm³/mol. The first-order valence-electron chi connectivity index (χ1n) is 8.55. The molecule has 0 aliphatic rings. The summed E-state index contributed by atoms with van der Waals surface area (Å²) >= 11 is 11.4. The zero-order chi connectivity index (χ0) is 22.8. The lowest BCUT2D eigenvalue weighted by Crippen LogP contribution is -2.22. The van der Waals surface area contributed by atoms with Gasteiger partial charge in [-0.1, -0.05) is 41.5 Å². The lowest BCUT2D eigenvalue weighted by Gasteiger charge is -2.15. The lowest BCUT2D eigenvalue weighted by atomic mass is 9.88. The van der Waals surface area contributed by atoms with Gasteiger partial charge in [0, 0.05) is 10.8 Å². The van der Waals surface area contributed by atoms with E-state index in [1.54, 1.807) is 39.4 Å². The van der Waals surface area contributed by atoms with Gasteiger partial charge in [0.1, 0.15) is 20.8 Å². The van der Waals surface area contributed by atoms with Crippen LogP contribution in [0.1, 0.15) is 47.2 Å². The van der Waals surface area contributed by atoms with E-state index in [9.17, 15) is 9.59 Å². The number of ketones is 1. The zero-order valence-electron chi connectivity index (χ0n) is 17.3. The van der Waals surface area contributed by atoms with Crippen LogP contribution in [0.5, 0.6) is 0 Å². The number of anilines is 1. The number of nitrogens with two attached hydrogens (primary N) is 1. The molecule has 0 radical (unpaired) electrons. The number of Topliss-reactive ketones (excluding diaryl/α,β-unsaturated/α-hetero) is 1. The van der Waals surface area contributed by atoms with E-state index in [1.807, 2.05) is 20.8 Å². The van der Waals surface area contributed by atoms with Gasteiger partial charge in [-0.15, -0.1) is 0 Å². The van der Waals surface area contributed by atoms with E-state index in [1.165, 1.54) is 6.20 Å². The molecule has 0 saturated carbocycles. The molecule has 0 atom stereocenters. The molecule has 0 fully saturated rings. The minimum Gasteiger partial charge on any atom is -0.382 e. The summed E-state index contributed by atoms with van der Waals surface area (Å²) in [4.78, 5) is 37.5. The number of aromatic nitrogens is 4. The fourth-order valence-corrected chi connectivity index (χ4v) is 1.59. The highest BCUT2D eigenvalue weighted by Crippen LogP contribution is 2.17. The maximum absolute atomic E-state index is 11.6. The van der Waals surface area contributed by atoms with Crippen molar-refractivity contribution in [3.05, 3.63) is 39.7 Å². The third kappa shape index (κ3) is 13.4. The summed E-state index contributed by atoms with van der Waals surface area (Å²) in [5, 5.41) is -0.285. The van der Waals surface area contributed by atoms with Crippen molar-refractivity contribution < 1.29 is 9.59 Å². The van der Waals surface area contributed by atoms with Crippen molar-refractivity contribution in [2.45, 2.75) is 48.0 Å². The number of nitrogen functional groups attached to an aromatic ring is 1. The van der Waals surface area contributed by atoms with E-state index in [0.29, 0.717) is 27.1 Å². The average Bonchev–Trinajstić information content (AvgIpc) is 2.59. The van der Waals surface area contributed by atoms with Crippen molar-refractivity contribution in [1.29, 1.82) is 0 Å². The Morgan fingerprint density at radius 1 is 0.862 bits per heavy atom. The fraction of sp³-hybridized carbons (Fsp3) is 0.474. The van der Waals surface area contributed by atoms with Gasteiger partial charge in [-0.2, -0.15) is 0 Å². The smallest absolute Gasteiger partial charge is 0.226 e. The SMILES string of the molecule is CC(C)(C)C(=O)Cc1cnc(Br)cn1.CC(C)(C)C(=O)Cl.Nc1cnc(Br)cn1. The molecular weight excluding hydrogens is 526 g/mol. The Hall–Kier alpha value is -1.45. The Bertz CT molecular complexity index is 765. The van der Waals surface area contributed by atoms with Gasteiger partial charge in [0.15, 0.2) is 0 Å². The number of carbonyl (C=O) groups is 2. The molecule has 0 bridgehead atoms. The van der Waals surface area contributed by atoms with Crippen molar-refractivity contribution in [2.75, 3.05) is 5.73 Å². The lowest BCUT2D eigenvalue weighted by molar-refractivity contribution is -0.125. The van der Waals surface area contributed by atoms with Gasteiger partial charge in [-0.3, -0.25) is 14.6 Å². The Balaban J connectivity index is 0.000000444. The van der Waals surface area contributed by atoms with Crippen LogP contribution in [0.15, 0.2) is 34.0 Å². The third-order valence-corrected chi connectivity index (χ3v) is 4.47. The van der Waals surface area contributed by atoms with Crippen LogP contribution in [0.2, 0.25) is 0 Å². The molecular formula is C19H26Br2ClN5O2. The number of hydrogen-bond donors (Lipinski definition) is 1. The summed E-state index contributed by atoms with van der Waals surface area (Å²) in [5.74, 6) is 0.613. The predicted octanol–water partition coefficient (Wildman–Crippen LogP) is 5.02. The summed E-state index contributed by atoms with van der Waals surface area (Å²) in [6, 6.07) is 0. The summed E-state index contributed by atoms with van der Waals surface area (Å²) in [6.45, 7) is 11.1. The molecule has 0 amide bonds. The molecule has 0 aromatic carbocycles. The highest BCUT2D eigenvalue weighted by molar-refractivity contribution is 9.10. The molecule has 2 N–H and O–H groups in total. The van der Waals surface area contributed by atoms with Gasteiger partial charge in [0.25, 0.3) is 0 Å². The fourth-order valence-electron chi connectivity index (χ4n) is 1.18. The number of nitrogens with zero attached hydrogens (tertiary/aromatic N) is 4. The third-order valence-electron chi connectivity index (χ3n) is 3.08.